The second-order valence-electron chi connectivity index (χ2n) is 6.12. The normalized spacial score (nSPS) is 21.8. The zero-order chi connectivity index (χ0) is 16.6. The number of rotatable bonds is 4. The Kier molecular flexibility index (Phi) is 4.27. The fourth-order valence-electron chi connectivity index (χ4n) is 3.18. The summed E-state index contributed by atoms with van der Waals surface area (Å²) in [4.78, 5) is 26.0. The lowest BCUT2D eigenvalue weighted by atomic mass is 10.0. The maximum absolute atomic E-state index is 13.6. The van der Waals surface area contributed by atoms with E-state index in [0.717, 1.165) is 24.8 Å². The summed E-state index contributed by atoms with van der Waals surface area (Å²) in [6.07, 6.45) is 4.24. The van der Waals surface area contributed by atoms with E-state index in [0.29, 0.717) is 17.4 Å². The molecule has 3 rings (SSSR count). The molecule has 23 heavy (non-hydrogen) atoms. The molecule has 1 aromatic rings. The van der Waals surface area contributed by atoms with Crippen molar-refractivity contribution >= 4 is 27.7 Å². The summed E-state index contributed by atoms with van der Waals surface area (Å²) >= 11 is 3.29. The largest absolute Gasteiger partial charge is 0.345 e. The molecule has 2 aliphatic rings. The van der Waals surface area contributed by atoms with Gasteiger partial charge in [-0.05, 0) is 55.5 Å². The number of hydrogen-bond donors (Lipinski definition) is 1. The van der Waals surface area contributed by atoms with E-state index < -0.39 is 11.6 Å². The molecule has 1 aliphatic carbocycles. The summed E-state index contributed by atoms with van der Waals surface area (Å²) in [7, 11) is 0. The lowest BCUT2D eigenvalue weighted by molar-refractivity contribution is -0.135. The fraction of sp³-hybridized carbons (Fsp3) is 0.412. The maximum Gasteiger partial charge on any atom is 0.246 e. The molecule has 0 radical (unpaired) electrons. The number of carbonyl (C=O) groups excluding carboxylic acids is 2. The van der Waals surface area contributed by atoms with Crippen molar-refractivity contribution in [2.24, 2.45) is 0 Å². The Hall–Kier alpha value is -1.69. The van der Waals surface area contributed by atoms with Crippen molar-refractivity contribution < 1.29 is 14.0 Å². The van der Waals surface area contributed by atoms with Gasteiger partial charge in [0.2, 0.25) is 11.8 Å². The third kappa shape index (κ3) is 3.17. The van der Waals surface area contributed by atoms with E-state index in [1.807, 2.05) is 6.07 Å². The van der Waals surface area contributed by atoms with Crippen LogP contribution in [0, 0.1) is 5.82 Å². The summed E-state index contributed by atoms with van der Waals surface area (Å²) in [5.74, 6) is -0.726. The molecule has 1 atom stereocenters. The van der Waals surface area contributed by atoms with Crippen LogP contribution in [-0.2, 0) is 15.1 Å². The van der Waals surface area contributed by atoms with E-state index in [1.54, 1.807) is 4.90 Å². The second-order valence-corrected chi connectivity index (χ2v) is 7.04. The number of carbonyl (C=O) groups is 2. The van der Waals surface area contributed by atoms with Crippen LogP contribution >= 0.6 is 15.9 Å². The highest BCUT2D eigenvalue weighted by Crippen LogP contribution is 2.46. The van der Waals surface area contributed by atoms with Crippen molar-refractivity contribution in [3.8, 4) is 0 Å². The molecule has 6 heteroatoms. The molecule has 0 spiro atoms. The van der Waals surface area contributed by atoms with Gasteiger partial charge in [-0.2, -0.15) is 0 Å². The van der Waals surface area contributed by atoms with Crippen LogP contribution in [0.1, 0.15) is 31.2 Å². The van der Waals surface area contributed by atoms with Gasteiger partial charge in [0.15, 0.2) is 0 Å². The van der Waals surface area contributed by atoms with Gasteiger partial charge in [-0.15, -0.1) is 0 Å². The molecule has 1 unspecified atom stereocenters. The summed E-state index contributed by atoms with van der Waals surface area (Å²) in [5, 5.41) is 3.03. The molecule has 1 N–H and O–H groups in total. The van der Waals surface area contributed by atoms with Gasteiger partial charge >= 0.3 is 0 Å². The average molecular weight is 381 g/mol. The van der Waals surface area contributed by atoms with Crippen LogP contribution in [-0.4, -0.2) is 29.3 Å². The van der Waals surface area contributed by atoms with Gasteiger partial charge in [0, 0.05) is 11.0 Å². The monoisotopic (exact) mass is 380 g/mol. The van der Waals surface area contributed by atoms with Crippen LogP contribution in [0.4, 0.5) is 4.39 Å². The molecule has 1 saturated heterocycles. The third-order valence-electron chi connectivity index (χ3n) is 4.54. The first kappa shape index (κ1) is 16.2. The predicted molar refractivity (Wildman–Crippen MR) is 88.1 cm³/mol. The lowest BCUT2D eigenvalue weighted by Crippen LogP contribution is -2.48. The van der Waals surface area contributed by atoms with E-state index in [4.69, 9.17) is 0 Å². The second kappa shape index (κ2) is 6.07. The number of benzene rings is 1. The van der Waals surface area contributed by atoms with Crippen molar-refractivity contribution in [3.05, 3.63) is 46.7 Å². The van der Waals surface area contributed by atoms with E-state index >= 15 is 0 Å². The summed E-state index contributed by atoms with van der Waals surface area (Å²) in [6.45, 7) is 4.05. The van der Waals surface area contributed by atoms with Crippen molar-refractivity contribution in [1.82, 2.24) is 10.2 Å². The Morgan fingerprint density at radius 1 is 1.39 bits per heavy atom. The zero-order valence-corrected chi connectivity index (χ0v) is 14.2. The maximum atomic E-state index is 13.6. The first-order valence-corrected chi connectivity index (χ1v) is 8.46. The topological polar surface area (TPSA) is 49.4 Å². The third-order valence-corrected chi connectivity index (χ3v) is 5.00. The first-order chi connectivity index (χ1) is 10.9. The van der Waals surface area contributed by atoms with Crippen LogP contribution in [0.2, 0.25) is 0 Å². The predicted octanol–water partition coefficient (Wildman–Crippen LogP) is 2.87. The molecule has 0 aromatic heterocycles. The van der Waals surface area contributed by atoms with Crippen molar-refractivity contribution in [2.75, 3.05) is 6.54 Å². The van der Waals surface area contributed by atoms with Gasteiger partial charge in [-0.1, -0.05) is 22.5 Å². The van der Waals surface area contributed by atoms with Gasteiger partial charge in [-0.25, -0.2) is 4.39 Å². The Morgan fingerprint density at radius 3 is 2.74 bits per heavy atom. The van der Waals surface area contributed by atoms with Gasteiger partial charge in [-0.3, -0.25) is 9.59 Å². The van der Waals surface area contributed by atoms with Crippen LogP contribution < -0.4 is 5.32 Å². The zero-order valence-electron chi connectivity index (χ0n) is 12.6. The molecule has 1 aromatic carbocycles. The first-order valence-electron chi connectivity index (χ1n) is 7.67. The summed E-state index contributed by atoms with van der Waals surface area (Å²) < 4.78 is 14.3. The molecule has 1 aliphatic heterocycles. The van der Waals surface area contributed by atoms with Gasteiger partial charge in [0.1, 0.15) is 11.9 Å². The molecule has 1 saturated carbocycles. The highest BCUT2D eigenvalue weighted by atomic mass is 79.9. The Balaban J connectivity index is 1.77. The van der Waals surface area contributed by atoms with Crippen molar-refractivity contribution in [2.45, 2.75) is 37.3 Å². The molecule has 2 amide bonds. The molecule has 0 bridgehead atoms. The number of nitrogens with zero attached hydrogens (tertiary/aromatic N) is 1. The highest BCUT2D eigenvalue weighted by Gasteiger charge is 2.48. The van der Waals surface area contributed by atoms with E-state index in [2.05, 4.69) is 27.8 Å². The van der Waals surface area contributed by atoms with Crippen molar-refractivity contribution in [3.63, 3.8) is 0 Å². The SMILES string of the molecule is C=CC(=O)N1CCCC1C(=O)NC1(c2cc(F)cc(Br)c2)CC1. The van der Waals surface area contributed by atoms with Gasteiger partial charge in [0.05, 0.1) is 5.54 Å². The number of nitrogens with one attached hydrogen (secondary N) is 1. The Bertz CT molecular complexity index is 652. The van der Waals surface area contributed by atoms with Crippen LogP contribution in [0.15, 0.2) is 35.3 Å². The molecular formula is C17H18BrFN2O2. The minimum Gasteiger partial charge on any atom is -0.345 e. The number of likely N-dealkylation sites (tertiary alicyclic amines) is 1. The average Bonchev–Trinajstić information content (AvgIpc) is 3.11. The van der Waals surface area contributed by atoms with Gasteiger partial charge in [0.25, 0.3) is 0 Å². The summed E-state index contributed by atoms with van der Waals surface area (Å²) in [5.41, 5.74) is 0.255. The number of hydrogen-bond acceptors (Lipinski definition) is 2. The molecule has 2 fully saturated rings. The van der Waals surface area contributed by atoms with E-state index in [-0.39, 0.29) is 17.6 Å². The Labute approximate surface area is 142 Å². The standard InChI is InChI=1S/C17H18BrFN2O2/c1-2-15(22)21-7-3-4-14(21)16(23)20-17(5-6-17)11-8-12(18)10-13(19)9-11/h2,8-10,14H,1,3-7H2,(H,20,23). The molecule has 4 nitrogen and oxygen atoms in total. The smallest absolute Gasteiger partial charge is 0.246 e. The minimum atomic E-state index is -0.507. The van der Waals surface area contributed by atoms with Crippen LogP contribution in [0.5, 0.6) is 0 Å². The van der Waals surface area contributed by atoms with Crippen LogP contribution in [0.3, 0.4) is 0 Å². The molecular weight excluding hydrogens is 363 g/mol. The van der Waals surface area contributed by atoms with E-state index in [1.165, 1.54) is 18.2 Å². The summed E-state index contributed by atoms with van der Waals surface area (Å²) in [6, 6.07) is 4.22. The minimum absolute atomic E-state index is 0.171. The highest BCUT2D eigenvalue weighted by molar-refractivity contribution is 9.10. The van der Waals surface area contributed by atoms with Crippen molar-refractivity contribution in [1.29, 1.82) is 0 Å². The molecule has 1 heterocycles. The van der Waals surface area contributed by atoms with Gasteiger partial charge < -0.3 is 10.2 Å². The fourth-order valence-corrected chi connectivity index (χ4v) is 3.65. The number of halogens is 2. The Morgan fingerprint density at radius 2 is 2.13 bits per heavy atom. The quantitative estimate of drug-likeness (QED) is 0.816. The van der Waals surface area contributed by atoms with E-state index in [9.17, 15) is 14.0 Å². The van der Waals surface area contributed by atoms with Crippen LogP contribution in [0.25, 0.3) is 0 Å². The number of amides is 2. The molecule has 122 valence electrons. The lowest BCUT2D eigenvalue weighted by Gasteiger charge is -2.26.